The van der Waals surface area contributed by atoms with E-state index in [1.807, 2.05) is 49.4 Å². The number of aryl methyl sites for hydroxylation is 1. The van der Waals surface area contributed by atoms with Crippen LogP contribution >= 0.6 is 0 Å². The molecule has 1 unspecified atom stereocenters. The average molecular weight is 353 g/mol. The largest absolute Gasteiger partial charge is 0.494 e. The SMILES string of the molecule is CCOc1ccc(CCC(=O)N2CCc3ccccc3C2C(=O)O)cc1. The monoisotopic (exact) mass is 353 g/mol. The molecule has 5 heteroatoms. The minimum absolute atomic E-state index is 0.124. The molecule has 1 heterocycles. The third-order valence-electron chi connectivity index (χ3n) is 4.70. The van der Waals surface area contributed by atoms with E-state index in [0.717, 1.165) is 22.4 Å². The predicted molar refractivity (Wildman–Crippen MR) is 98.2 cm³/mol. The molecule has 1 amide bonds. The minimum atomic E-state index is -0.980. The third-order valence-corrected chi connectivity index (χ3v) is 4.70. The molecule has 0 aromatic heterocycles. The van der Waals surface area contributed by atoms with Crippen molar-refractivity contribution in [2.45, 2.75) is 32.2 Å². The summed E-state index contributed by atoms with van der Waals surface area (Å²) in [5.74, 6) is -0.298. The highest BCUT2D eigenvalue weighted by Crippen LogP contribution is 2.30. The van der Waals surface area contributed by atoms with Crippen LogP contribution in [0.3, 0.4) is 0 Å². The zero-order valence-corrected chi connectivity index (χ0v) is 14.9. The van der Waals surface area contributed by atoms with Crippen LogP contribution in [0.15, 0.2) is 48.5 Å². The fourth-order valence-electron chi connectivity index (χ4n) is 3.42. The maximum absolute atomic E-state index is 12.7. The van der Waals surface area contributed by atoms with Crippen molar-refractivity contribution in [2.75, 3.05) is 13.2 Å². The summed E-state index contributed by atoms with van der Waals surface area (Å²) in [6.07, 6.45) is 1.56. The molecule has 26 heavy (non-hydrogen) atoms. The van der Waals surface area contributed by atoms with Gasteiger partial charge in [-0.3, -0.25) is 4.79 Å². The molecule has 3 rings (SSSR count). The lowest BCUT2D eigenvalue weighted by Crippen LogP contribution is -2.43. The molecule has 1 N–H and O–H groups in total. The van der Waals surface area contributed by atoms with Gasteiger partial charge in [-0.1, -0.05) is 36.4 Å². The molecular formula is C21H23NO4. The fourth-order valence-corrected chi connectivity index (χ4v) is 3.42. The third kappa shape index (κ3) is 3.87. The van der Waals surface area contributed by atoms with E-state index >= 15 is 0 Å². The van der Waals surface area contributed by atoms with Crippen molar-refractivity contribution in [1.29, 1.82) is 0 Å². The molecule has 0 spiro atoms. The average Bonchev–Trinajstić information content (AvgIpc) is 2.66. The first-order valence-electron chi connectivity index (χ1n) is 8.92. The van der Waals surface area contributed by atoms with Crippen molar-refractivity contribution in [1.82, 2.24) is 4.90 Å². The van der Waals surface area contributed by atoms with Crippen LogP contribution in [0, 0.1) is 0 Å². The van der Waals surface area contributed by atoms with Gasteiger partial charge in [0, 0.05) is 13.0 Å². The van der Waals surface area contributed by atoms with Gasteiger partial charge in [-0.05, 0) is 48.6 Å². The number of hydrogen-bond donors (Lipinski definition) is 1. The van der Waals surface area contributed by atoms with Crippen LogP contribution in [-0.4, -0.2) is 35.0 Å². The lowest BCUT2D eigenvalue weighted by atomic mass is 9.92. The molecule has 1 atom stereocenters. The summed E-state index contributed by atoms with van der Waals surface area (Å²) < 4.78 is 5.41. The van der Waals surface area contributed by atoms with Gasteiger partial charge in [0.05, 0.1) is 6.61 Å². The van der Waals surface area contributed by atoms with Crippen molar-refractivity contribution in [3.63, 3.8) is 0 Å². The molecule has 5 nitrogen and oxygen atoms in total. The number of benzene rings is 2. The number of aliphatic carboxylic acids is 1. The first kappa shape index (κ1) is 18.0. The van der Waals surface area contributed by atoms with Crippen LogP contribution in [0.5, 0.6) is 5.75 Å². The Morgan fingerprint density at radius 3 is 2.58 bits per heavy atom. The molecule has 0 radical (unpaired) electrons. The van der Waals surface area contributed by atoms with Gasteiger partial charge in [-0.25, -0.2) is 4.79 Å². The standard InChI is InChI=1S/C21H23NO4/c1-2-26-17-10-7-15(8-11-17)9-12-19(23)22-14-13-16-5-3-4-6-18(16)20(22)21(24)25/h3-8,10-11,20H,2,9,12-14H2,1H3,(H,24,25). The Labute approximate surface area is 153 Å². The first-order valence-corrected chi connectivity index (χ1v) is 8.92. The molecule has 1 aliphatic heterocycles. The number of carbonyl (C=O) groups is 2. The zero-order valence-electron chi connectivity index (χ0n) is 14.9. The summed E-state index contributed by atoms with van der Waals surface area (Å²) in [4.78, 5) is 26.0. The number of carbonyl (C=O) groups excluding carboxylic acids is 1. The van der Waals surface area contributed by atoms with Gasteiger partial charge in [-0.15, -0.1) is 0 Å². The maximum atomic E-state index is 12.7. The molecule has 136 valence electrons. The van der Waals surface area contributed by atoms with Crippen LogP contribution in [0.25, 0.3) is 0 Å². The van der Waals surface area contributed by atoms with Gasteiger partial charge in [-0.2, -0.15) is 0 Å². The van der Waals surface area contributed by atoms with Crippen LogP contribution < -0.4 is 4.74 Å². The quantitative estimate of drug-likeness (QED) is 0.866. The summed E-state index contributed by atoms with van der Waals surface area (Å²) >= 11 is 0. The second-order valence-electron chi connectivity index (χ2n) is 6.35. The molecular weight excluding hydrogens is 330 g/mol. The van der Waals surface area contributed by atoms with Gasteiger partial charge in [0.25, 0.3) is 0 Å². The smallest absolute Gasteiger partial charge is 0.331 e. The van der Waals surface area contributed by atoms with E-state index in [2.05, 4.69) is 0 Å². The van der Waals surface area contributed by atoms with Gasteiger partial charge in [0.2, 0.25) is 5.91 Å². The van der Waals surface area contributed by atoms with Crippen molar-refractivity contribution in [3.8, 4) is 5.75 Å². The Hall–Kier alpha value is -2.82. The van der Waals surface area contributed by atoms with Gasteiger partial charge in [0.1, 0.15) is 5.75 Å². The summed E-state index contributed by atoms with van der Waals surface area (Å²) in [7, 11) is 0. The van der Waals surface area contributed by atoms with Crippen LogP contribution in [-0.2, 0) is 22.4 Å². The number of fused-ring (bicyclic) bond motifs is 1. The Balaban J connectivity index is 1.68. The molecule has 2 aromatic rings. The second kappa shape index (κ2) is 8.04. The lowest BCUT2D eigenvalue weighted by Gasteiger charge is -2.34. The molecule has 2 aromatic carbocycles. The fraction of sp³-hybridized carbons (Fsp3) is 0.333. The first-order chi connectivity index (χ1) is 12.6. The molecule has 0 aliphatic carbocycles. The molecule has 0 fully saturated rings. The van der Waals surface area contributed by atoms with Crippen molar-refractivity contribution < 1.29 is 19.4 Å². The lowest BCUT2D eigenvalue weighted by molar-refractivity contribution is -0.151. The maximum Gasteiger partial charge on any atom is 0.331 e. The van der Waals surface area contributed by atoms with Gasteiger partial charge in [0.15, 0.2) is 6.04 Å². The second-order valence-corrected chi connectivity index (χ2v) is 6.35. The van der Waals surface area contributed by atoms with Crippen LogP contribution in [0.2, 0.25) is 0 Å². The van der Waals surface area contributed by atoms with E-state index < -0.39 is 12.0 Å². The molecule has 0 saturated heterocycles. The number of hydrogen-bond acceptors (Lipinski definition) is 3. The van der Waals surface area contributed by atoms with E-state index in [0.29, 0.717) is 32.4 Å². The number of carboxylic acids is 1. The topological polar surface area (TPSA) is 66.8 Å². The van der Waals surface area contributed by atoms with E-state index in [1.54, 1.807) is 6.07 Å². The van der Waals surface area contributed by atoms with E-state index in [-0.39, 0.29) is 5.91 Å². The Morgan fingerprint density at radius 2 is 1.88 bits per heavy atom. The highest BCUT2D eigenvalue weighted by Gasteiger charge is 2.35. The summed E-state index contributed by atoms with van der Waals surface area (Å²) in [6, 6.07) is 14.2. The van der Waals surface area contributed by atoms with Crippen molar-refractivity contribution in [3.05, 3.63) is 65.2 Å². The van der Waals surface area contributed by atoms with Gasteiger partial charge < -0.3 is 14.7 Å². The van der Waals surface area contributed by atoms with E-state index in [4.69, 9.17) is 4.74 Å². The Morgan fingerprint density at radius 1 is 1.15 bits per heavy atom. The highest BCUT2D eigenvalue weighted by molar-refractivity contribution is 5.85. The van der Waals surface area contributed by atoms with Crippen molar-refractivity contribution >= 4 is 11.9 Å². The number of ether oxygens (including phenoxy) is 1. The highest BCUT2D eigenvalue weighted by atomic mass is 16.5. The number of rotatable bonds is 6. The van der Waals surface area contributed by atoms with Crippen LogP contribution in [0.1, 0.15) is 36.1 Å². The Kier molecular flexibility index (Phi) is 5.56. The molecule has 0 saturated carbocycles. The van der Waals surface area contributed by atoms with Gasteiger partial charge >= 0.3 is 5.97 Å². The summed E-state index contributed by atoms with van der Waals surface area (Å²) in [5, 5.41) is 9.66. The summed E-state index contributed by atoms with van der Waals surface area (Å²) in [6.45, 7) is 2.99. The normalized spacial score (nSPS) is 16.0. The van der Waals surface area contributed by atoms with E-state index in [9.17, 15) is 14.7 Å². The van der Waals surface area contributed by atoms with Crippen molar-refractivity contribution in [2.24, 2.45) is 0 Å². The number of carboxylic acid groups (broad SMARTS) is 1. The number of amides is 1. The minimum Gasteiger partial charge on any atom is -0.494 e. The summed E-state index contributed by atoms with van der Waals surface area (Å²) in [5.41, 5.74) is 2.77. The predicted octanol–water partition coefficient (Wildman–Crippen LogP) is 3.23. The molecule has 0 bridgehead atoms. The zero-order chi connectivity index (χ0) is 18.5. The van der Waals surface area contributed by atoms with Crippen LogP contribution in [0.4, 0.5) is 0 Å². The van der Waals surface area contributed by atoms with E-state index in [1.165, 1.54) is 4.90 Å². The number of nitrogens with zero attached hydrogens (tertiary/aromatic N) is 1. The molecule has 1 aliphatic rings. The Bertz CT molecular complexity index is 785.